The predicted octanol–water partition coefficient (Wildman–Crippen LogP) is 5.83. The normalized spacial score (nSPS) is 11.1. The molecule has 0 saturated heterocycles. The minimum atomic E-state index is -0.499. The van der Waals surface area contributed by atoms with Gasteiger partial charge in [0, 0.05) is 22.6 Å². The van der Waals surface area contributed by atoms with Crippen LogP contribution in [-0.4, -0.2) is 17.8 Å². The van der Waals surface area contributed by atoms with Gasteiger partial charge in [0.05, 0.1) is 12.5 Å². The lowest BCUT2D eigenvalue weighted by Crippen LogP contribution is -2.31. The Hall–Kier alpha value is -4.91. The molecule has 4 rings (SSSR count). The number of para-hydroxylation sites is 1. The molecule has 0 spiro atoms. The molecule has 0 aliphatic carbocycles. The molecule has 7 heteroatoms. The number of carbonyl (C=O) groups is 3. The summed E-state index contributed by atoms with van der Waals surface area (Å²) < 4.78 is 0. The van der Waals surface area contributed by atoms with Crippen molar-refractivity contribution in [3.63, 3.8) is 0 Å². The lowest BCUT2D eigenvalue weighted by molar-refractivity contribution is -0.116. The first kappa shape index (κ1) is 24.2. The van der Waals surface area contributed by atoms with Crippen molar-refractivity contribution in [2.45, 2.75) is 12.5 Å². The summed E-state index contributed by atoms with van der Waals surface area (Å²) in [6.45, 7) is 0. The molecule has 1 atom stereocenters. The van der Waals surface area contributed by atoms with E-state index in [1.165, 1.54) is 0 Å². The van der Waals surface area contributed by atoms with Gasteiger partial charge in [-0.3, -0.25) is 9.59 Å². The molecule has 7 nitrogen and oxygen atoms in total. The molecule has 4 aromatic carbocycles. The number of rotatable bonds is 8. The van der Waals surface area contributed by atoms with Crippen LogP contribution in [-0.2, 0) is 4.79 Å². The van der Waals surface area contributed by atoms with Crippen molar-refractivity contribution in [3.8, 4) is 0 Å². The van der Waals surface area contributed by atoms with Gasteiger partial charge in [0.25, 0.3) is 5.91 Å². The molecular formula is C29H26N4O3. The third-order valence-corrected chi connectivity index (χ3v) is 5.39. The summed E-state index contributed by atoms with van der Waals surface area (Å²) in [4.78, 5) is 37.7. The van der Waals surface area contributed by atoms with Crippen molar-refractivity contribution in [3.05, 3.63) is 126 Å². The van der Waals surface area contributed by atoms with Crippen LogP contribution >= 0.6 is 0 Å². The van der Waals surface area contributed by atoms with Crippen molar-refractivity contribution in [1.29, 1.82) is 0 Å². The molecule has 0 radical (unpaired) electrons. The van der Waals surface area contributed by atoms with Gasteiger partial charge in [-0.15, -0.1) is 0 Å². The third-order valence-electron chi connectivity index (χ3n) is 5.39. The highest BCUT2D eigenvalue weighted by atomic mass is 16.2. The highest BCUT2D eigenvalue weighted by Gasteiger charge is 2.19. The van der Waals surface area contributed by atoms with Gasteiger partial charge in [0.2, 0.25) is 5.91 Å². The Labute approximate surface area is 209 Å². The fourth-order valence-corrected chi connectivity index (χ4v) is 3.62. The quantitative estimate of drug-likeness (QED) is 0.256. The third kappa shape index (κ3) is 7.04. The first-order valence-corrected chi connectivity index (χ1v) is 11.5. The maximum Gasteiger partial charge on any atom is 0.323 e. The van der Waals surface area contributed by atoms with Crippen molar-refractivity contribution in [1.82, 2.24) is 5.32 Å². The Bertz CT molecular complexity index is 1290. The number of hydrogen-bond acceptors (Lipinski definition) is 3. The van der Waals surface area contributed by atoms with Crippen molar-refractivity contribution >= 4 is 34.9 Å². The van der Waals surface area contributed by atoms with E-state index >= 15 is 0 Å². The maximum atomic E-state index is 12.8. The first-order valence-electron chi connectivity index (χ1n) is 11.5. The van der Waals surface area contributed by atoms with E-state index in [4.69, 9.17) is 0 Å². The summed E-state index contributed by atoms with van der Waals surface area (Å²) in [7, 11) is 0. The summed E-state index contributed by atoms with van der Waals surface area (Å²) in [5, 5.41) is 11.3. The molecule has 36 heavy (non-hydrogen) atoms. The zero-order valence-electron chi connectivity index (χ0n) is 19.5. The minimum absolute atomic E-state index is 0.0576. The molecular weight excluding hydrogens is 452 g/mol. The van der Waals surface area contributed by atoms with Crippen LogP contribution in [0.5, 0.6) is 0 Å². The summed E-state index contributed by atoms with van der Waals surface area (Å²) in [6.07, 6.45) is 0.0576. The second kappa shape index (κ2) is 12.0. The topological polar surface area (TPSA) is 99.3 Å². The zero-order chi connectivity index (χ0) is 25.2. The molecule has 0 aromatic heterocycles. The van der Waals surface area contributed by atoms with Crippen molar-refractivity contribution in [2.75, 3.05) is 16.0 Å². The van der Waals surface area contributed by atoms with E-state index in [-0.39, 0.29) is 24.3 Å². The monoisotopic (exact) mass is 478 g/mol. The minimum Gasteiger partial charge on any atom is -0.345 e. The van der Waals surface area contributed by atoms with E-state index in [0.717, 1.165) is 5.56 Å². The van der Waals surface area contributed by atoms with Crippen LogP contribution < -0.4 is 21.3 Å². The van der Waals surface area contributed by atoms with Crippen LogP contribution in [0.3, 0.4) is 0 Å². The van der Waals surface area contributed by atoms with Crippen LogP contribution in [0.25, 0.3) is 0 Å². The summed E-state index contributed by atoms with van der Waals surface area (Å²) in [5.74, 6) is -0.499. The van der Waals surface area contributed by atoms with Crippen molar-refractivity contribution in [2.24, 2.45) is 0 Å². The fraction of sp³-hybridized carbons (Fsp3) is 0.0690. The first-order chi connectivity index (χ1) is 17.6. The van der Waals surface area contributed by atoms with Crippen LogP contribution in [0.4, 0.5) is 21.9 Å². The number of benzene rings is 4. The molecule has 0 fully saturated rings. The molecule has 4 N–H and O–H groups in total. The molecule has 1 unspecified atom stereocenters. The highest BCUT2D eigenvalue weighted by molar-refractivity contribution is 6.00. The Kier molecular flexibility index (Phi) is 8.07. The second-order valence-electron chi connectivity index (χ2n) is 8.08. The van der Waals surface area contributed by atoms with Gasteiger partial charge in [-0.05, 0) is 54.1 Å². The Morgan fingerprint density at radius 3 is 1.61 bits per heavy atom. The largest absolute Gasteiger partial charge is 0.345 e. The summed E-state index contributed by atoms with van der Waals surface area (Å²) in [5.41, 5.74) is 3.21. The lowest BCUT2D eigenvalue weighted by atomic mass is 10.0. The van der Waals surface area contributed by atoms with E-state index in [1.54, 1.807) is 60.7 Å². The van der Waals surface area contributed by atoms with E-state index in [9.17, 15) is 14.4 Å². The fourth-order valence-electron chi connectivity index (χ4n) is 3.62. The van der Waals surface area contributed by atoms with Gasteiger partial charge in [-0.1, -0.05) is 66.7 Å². The predicted molar refractivity (Wildman–Crippen MR) is 142 cm³/mol. The van der Waals surface area contributed by atoms with Crippen molar-refractivity contribution < 1.29 is 14.4 Å². The highest BCUT2D eigenvalue weighted by Crippen LogP contribution is 2.20. The molecule has 4 amide bonds. The number of hydrogen-bond donors (Lipinski definition) is 4. The molecule has 180 valence electrons. The average molecular weight is 479 g/mol. The summed E-state index contributed by atoms with van der Waals surface area (Å²) in [6, 6.07) is 33.4. The molecule has 0 bridgehead atoms. The summed E-state index contributed by atoms with van der Waals surface area (Å²) >= 11 is 0. The molecule has 0 saturated carbocycles. The number of nitrogens with one attached hydrogen (secondary N) is 4. The number of carbonyl (C=O) groups excluding carboxylic acids is 3. The maximum absolute atomic E-state index is 12.8. The van der Waals surface area contributed by atoms with Gasteiger partial charge < -0.3 is 21.3 Å². The molecule has 0 aliphatic rings. The number of urea groups is 1. The Balaban J connectivity index is 1.35. The van der Waals surface area contributed by atoms with Gasteiger partial charge in [0.1, 0.15) is 0 Å². The SMILES string of the molecule is O=C(CC(NC(=O)c1ccccc1)c1ccccc1)Nc1ccc(NC(=O)Nc2ccccc2)cc1. The van der Waals surface area contributed by atoms with Crippen LogP contribution in [0, 0.1) is 0 Å². The Morgan fingerprint density at radius 2 is 1.03 bits per heavy atom. The van der Waals surface area contributed by atoms with E-state index in [2.05, 4.69) is 21.3 Å². The van der Waals surface area contributed by atoms with E-state index in [1.807, 2.05) is 54.6 Å². The van der Waals surface area contributed by atoms with Gasteiger partial charge in [0.15, 0.2) is 0 Å². The van der Waals surface area contributed by atoms with E-state index < -0.39 is 6.04 Å². The Morgan fingerprint density at radius 1 is 0.556 bits per heavy atom. The van der Waals surface area contributed by atoms with Gasteiger partial charge in [-0.25, -0.2) is 4.79 Å². The number of amides is 4. The number of anilines is 3. The van der Waals surface area contributed by atoms with E-state index in [0.29, 0.717) is 22.6 Å². The van der Waals surface area contributed by atoms with Gasteiger partial charge in [-0.2, -0.15) is 0 Å². The van der Waals surface area contributed by atoms with Crippen LogP contribution in [0.1, 0.15) is 28.4 Å². The average Bonchev–Trinajstić information content (AvgIpc) is 2.91. The molecule has 0 aliphatic heterocycles. The van der Waals surface area contributed by atoms with Gasteiger partial charge >= 0.3 is 6.03 Å². The smallest absolute Gasteiger partial charge is 0.323 e. The molecule has 0 heterocycles. The standard InChI is InChI=1S/C29H26N4O3/c34-27(20-26(21-10-4-1-5-11-21)33-28(35)22-12-6-2-7-13-22)30-24-16-18-25(19-17-24)32-29(36)31-23-14-8-3-9-15-23/h1-19,26H,20H2,(H,30,34)(H,33,35)(H2,31,32,36). The lowest BCUT2D eigenvalue weighted by Gasteiger charge is -2.19. The second-order valence-corrected chi connectivity index (χ2v) is 8.08. The zero-order valence-corrected chi connectivity index (χ0v) is 19.5. The van der Waals surface area contributed by atoms with Crippen LogP contribution in [0.15, 0.2) is 115 Å². The van der Waals surface area contributed by atoms with Crippen LogP contribution in [0.2, 0.25) is 0 Å². The molecule has 4 aromatic rings.